The maximum atomic E-state index is 12.6. The largest absolute Gasteiger partial charge is 0.474 e. The molecule has 5 heteroatoms. The molecule has 26 heavy (non-hydrogen) atoms. The molecule has 0 spiro atoms. The monoisotopic (exact) mass is 348 g/mol. The highest BCUT2D eigenvalue weighted by Crippen LogP contribution is 2.23. The van der Waals surface area contributed by atoms with Gasteiger partial charge >= 0.3 is 0 Å². The van der Waals surface area contributed by atoms with Crippen LogP contribution in [0.5, 0.6) is 5.88 Å². The van der Waals surface area contributed by atoms with Crippen LogP contribution in [0.2, 0.25) is 0 Å². The highest BCUT2D eigenvalue weighted by Gasteiger charge is 2.16. The van der Waals surface area contributed by atoms with E-state index in [9.17, 15) is 4.79 Å². The Hall–Kier alpha value is -2.92. The smallest absolute Gasteiger partial charge is 0.257 e. The van der Waals surface area contributed by atoms with Crippen molar-refractivity contribution in [3.05, 3.63) is 66.4 Å². The van der Waals surface area contributed by atoms with E-state index in [4.69, 9.17) is 9.47 Å². The lowest BCUT2D eigenvalue weighted by Crippen LogP contribution is -2.26. The standard InChI is InChI=1S/C21H20N2O3/c24-21(23-19-7-3-5-15-4-1-2-6-18(15)19)16-8-9-20(22-14-16)26-17-10-12-25-13-11-17/h1-9,14,17H,10-13H2,(H,23,24). The number of hydrogen-bond donors (Lipinski definition) is 1. The average molecular weight is 348 g/mol. The van der Waals surface area contributed by atoms with E-state index in [2.05, 4.69) is 10.3 Å². The summed E-state index contributed by atoms with van der Waals surface area (Å²) in [7, 11) is 0. The summed E-state index contributed by atoms with van der Waals surface area (Å²) in [5.74, 6) is 0.352. The van der Waals surface area contributed by atoms with Gasteiger partial charge in [0.15, 0.2) is 0 Å². The van der Waals surface area contributed by atoms with Gasteiger partial charge in [-0.05, 0) is 17.5 Å². The van der Waals surface area contributed by atoms with Gasteiger partial charge in [-0.15, -0.1) is 0 Å². The molecule has 2 heterocycles. The summed E-state index contributed by atoms with van der Waals surface area (Å²) >= 11 is 0. The zero-order valence-electron chi connectivity index (χ0n) is 14.4. The van der Waals surface area contributed by atoms with E-state index < -0.39 is 0 Å². The lowest BCUT2D eigenvalue weighted by molar-refractivity contribution is 0.0237. The maximum Gasteiger partial charge on any atom is 0.257 e. The van der Waals surface area contributed by atoms with E-state index in [0.29, 0.717) is 11.4 Å². The van der Waals surface area contributed by atoms with Crippen molar-refractivity contribution in [3.8, 4) is 5.88 Å². The molecule has 2 aromatic carbocycles. The number of rotatable bonds is 4. The topological polar surface area (TPSA) is 60.5 Å². The van der Waals surface area contributed by atoms with E-state index >= 15 is 0 Å². The number of nitrogens with one attached hydrogen (secondary N) is 1. The highest BCUT2D eigenvalue weighted by molar-refractivity contribution is 6.09. The van der Waals surface area contributed by atoms with Crippen molar-refractivity contribution in [2.75, 3.05) is 18.5 Å². The number of fused-ring (bicyclic) bond motifs is 1. The van der Waals surface area contributed by atoms with Gasteiger partial charge in [-0.2, -0.15) is 0 Å². The maximum absolute atomic E-state index is 12.6. The predicted molar refractivity (Wildman–Crippen MR) is 101 cm³/mol. The van der Waals surface area contributed by atoms with Crippen LogP contribution in [-0.2, 0) is 4.74 Å². The number of benzene rings is 2. The fraction of sp³-hybridized carbons (Fsp3) is 0.238. The lowest BCUT2D eigenvalue weighted by Gasteiger charge is -2.22. The molecule has 1 amide bonds. The first-order valence-electron chi connectivity index (χ1n) is 8.79. The third kappa shape index (κ3) is 3.68. The van der Waals surface area contributed by atoms with Crippen LogP contribution in [0, 0.1) is 0 Å². The Morgan fingerprint density at radius 2 is 1.85 bits per heavy atom. The molecule has 0 saturated carbocycles. The molecule has 1 saturated heterocycles. The molecule has 3 aromatic rings. The van der Waals surface area contributed by atoms with Gasteiger partial charge in [-0.1, -0.05) is 36.4 Å². The van der Waals surface area contributed by atoms with Crippen LogP contribution >= 0.6 is 0 Å². The molecule has 5 nitrogen and oxygen atoms in total. The van der Waals surface area contributed by atoms with Gasteiger partial charge < -0.3 is 14.8 Å². The normalized spacial score (nSPS) is 14.9. The van der Waals surface area contributed by atoms with Crippen molar-refractivity contribution in [2.24, 2.45) is 0 Å². The van der Waals surface area contributed by atoms with Crippen LogP contribution in [0.4, 0.5) is 5.69 Å². The SMILES string of the molecule is O=C(Nc1cccc2ccccc12)c1ccc(OC2CCOCC2)nc1. The molecule has 0 unspecified atom stereocenters. The van der Waals surface area contributed by atoms with Crippen LogP contribution in [0.1, 0.15) is 23.2 Å². The van der Waals surface area contributed by atoms with E-state index in [-0.39, 0.29) is 12.0 Å². The molecule has 4 rings (SSSR count). The number of ether oxygens (including phenoxy) is 2. The number of anilines is 1. The van der Waals surface area contributed by atoms with Crippen molar-refractivity contribution in [3.63, 3.8) is 0 Å². The Kier molecular flexibility index (Phi) is 4.80. The Labute approximate surface area is 152 Å². The van der Waals surface area contributed by atoms with E-state index in [1.165, 1.54) is 0 Å². The quantitative estimate of drug-likeness (QED) is 0.773. The number of carbonyl (C=O) groups excluding carboxylic acids is 1. The Bertz CT molecular complexity index is 897. The fourth-order valence-electron chi connectivity index (χ4n) is 3.08. The molecule has 1 fully saturated rings. The van der Waals surface area contributed by atoms with E-state index in [1.807, 2.05) is 42.5 Å². The second-order valence-corrected chi connectivity index (χ2v) is 6.30. The van der Waals surface area contributed by atoms with Crippen LogP contribution < -0.4 is 10.1 Å². The van der Waals surface area contributed by atoms with Crippen molar-refractivity contribution < 1.29 is 14.3 Å². The second-order valence-electron chi connectivity index (χ2n) is 6.30. The summed E-state index contributed by atoms with van der Waals surface area (Å²) in [4.78, 5) is 16.8. The Morgan fingerprint density at radius 1 is 1.04 bits per heavy atom. The fourth-order valence-corrected chi connectivity index (χ4v) is 3.08. The molecule has 0 aliphatic carbocycles. The van der Waals surface area contributed by atoms with Crippen molar-refractivity contribution in [2.45, 2.75) is 18.9 Å². The van der Waals surface area contributed by atoms with E-state index in [0.717, 1.165) is 42.5 Å². The number of hydrogen-bond acceptors (Lipinski definition) is 4. The predicted octanol–water partition coefficient (Wildman–Crippen LogP) is 4.04. The van der Waals surface area contributed by atoms with Crippen LogP contribution in [-0.4, -0.2) is 30.2 Å². The average Bonchev–Trinajstić information content (AvgIpc) is 2.70. The molecule has 1 aliphatic heterocycles. The summed E-state index contributed by atoms with van der Waals surface area (Å²) in [6.45, 7) is 1.44. The first kappa shape index (κ1) is 16.5. The lowest BCUT2D eigenvalue weighted by atomic mass is 10.1. The minimum Gasteiger partial charge on any atom is -0.474 e. The third-order valence-electron chi connectivity index (χ3n) is 4.49. The van der Waals surface area contributed by atoms with Crippen LogP contribution in [0.15, 0.2) is 60.8 Å². The molecule has 1 N–H and O–H groups in total. The third-order valence-corrected chi connectivity index (χ3v) is 4.49. The molecule has 1 aliphatic rings. The zero-order valence-corrected chi connectivity index (χ0v) is 14.4. The van der Waals surface area contributed by atoms with Gasteiger partial charge in [-0.3, -0.25) is 4.79 Å². The number of aromatic nitrogens is 1. The minimum atomic E-state index is -0.188. The van der Waals surface area contributed by atoms with Gasteiger partial charge in [0.25, 0.3) is 5.91 Å². The molecular weight excluding hydrogens is 328 g/mol. The molecule has 132 valence electrons. The van der Waals surface area contributed by atoms with Crippen LogP contribution in [0.25, 0.3) is 10.8 Å². The van der Waals surface area contributed by atoms with Gasteiger partial charge in [0.1, 0.15) is 6.10 Å². The molecule has 0 atom stereocenters. The van der Waals surface area contributed by atoms with Crippen molar-refractivity contribution in [1.29, 1.82) is 0 Å². The second kappa shape index (κ2) is 7.54. The summed E-state index contributed by atoms with van der Waals surface area (Å²) in [6.07, 6.45) is 3.41. The van der Waals surface area contributed by atoms with Gasteiger partial charge in [-0.25, -0.2) is 4.98 Å². The zero-order chi connectivity index (χ0) is 17.8. The van der Waals surface area contributed by atoms with Crippen molar-refractivity contribution in [1.82, 2.24) is 4.98 Å². The summed E-state index contributed by atoms with van der Waals surface area (Å²) < 4.78 is 11.2. The van der Waals surface area contributed by atoms with Gasteiger partial charge in [0.05, 0.1) is 18.8 Å². The Balaban J connectivity index is 1.46. The summed E-state index contributed by atoms with van der Waals surface area (Å²) in [5.41, 5.74) is 1.29. The molecular formula is C21H20N2O3. The number of nitrogens with zero attached hydrogens (tertiary/aromatic N) is 1. The highest BCUT2D eigenvalue weighted by atomic mass is 16.5. The number of amides is 1. The van der Waals surface area contributed by atoms with E-state index in [1.54, 1.807) is 18.3 Å². The molecule has 1 aromatic heterocycles. The molecule has 0 radical (unpaired) electrons. The first-order valence-corrected chi connectivity index (χ1v) is 8.79. The Morgan fingerprint density at radius 3 is 2.65 bits per heavy atom. The van der Waals surface area contributed by atoms with Gasteiger partial charge in [0, 0.05) is 36.2 Å². The van der Waals surface area contributed by atoms with Gasteiger partial charge in [0.2, 0.25) is 5.88 Å². The van der Waals surface area contributed by atoms with Crippen LogP contribution in [0.3, 0.4) is 0 Å². The summed E-state index contributed by atoms with van der Waals surface area (Å²) in [6, 6.07) is 17.3. The summed E-state index contributed by atoms with van der Waals surface area (Å²) in [5, 5.41) is 5.06. The minimum absolute atomic E-state index is 0.131. The molecule has 0 bridgehead atoms. The van der Waals surface area contributed by atoms with Crippen molar-refractivity contribution >= 4 is 22.4 Å². The number of pyridine rings is 1. The number of carbonyl (C=O) groups is 1. The first-order chi connectivity index (χ1) is 12.8.